The number of tetrazole rings is 1. The van der Waals surface area contributed by atoms with Gasteiger partial charge in [0.2, 0.25) is 5.91 Å². The molecule has 0 bridgehead atoms. The minimum absolute atomic E-state index is 0.0311. The molecule has 0 aliphatic carbocycles. The van der Waals surface area contributed by atoms with Crippen LogP contribution in [-0.4, -0.2) is 67.2 Å². The van der Waals surface area contributed by atoms with Crippen molar-refractivity contribution in [3.05, 3.63) is 23.6 Å². The first-order chi connectivity index (χ1) is 12.2. The first-order valence-electron chi connectivity index (χ1n) is 8.21. The van der Waals surface area contributed by atoms with Gasteiger partial charge in [0.05, 0.1) is 5.39 Å². The number of hydrogen-bond donors (Lipinski definition) is 0. The number of carbonyl (C=O) groups excluding carboxylic acids is 1. The number of aryl methyl sites for hydroxylation is 1. The van der Waals surface area contributed by atoms with Gasteiger partial charge in [0.15, 0.2) is 0 Å². The maximum Gasteiger partial charge on any atom is 0.244 e. The zero-order chi connectivity index (χ0) is 17.2. The third-order valence-corrected chi connectivity index (χ3v) is 5.52. The van der Waals surface area contributed by atoms with Gasteiger partial charge >= 0.3 is 0 Å². The lowest BCUT2D eigenvalue weighted by Crippen LogP contribution is -2.50. The second-order valence-corrected chi connectivity index (χ2v) is 6.97. The van der Waals surface area contributed by atoms with Crippen LogP contribution in [0.25, 0.3) is 10.2 Å². The normalized spacial score (nSPS) is 15.1. The molecule has 3 aromatic rings. The van der Waals surface area contributed by atoms with Crippen molar-refractivity contribution in [1.29, 1.82) is 0 Å². The fourth-order valence-corrected chi connectivity index (χ4v) is 3.91. The van der Waals surface area contributed by atoms with Crippen LogP contribution < -0.4 is 4.90 Å². The van der Waals surface area contributed by atoms with Crippen molar-refractivity contribution in [1.82, 2.24) is 35.1 Å². The molecule has 10 heteroatoms. The molecule has 0 N–H and O–H groups in total. The smallest absolute Gasteiger partial charge is 0.244 e. The zero-order valence-corrected chi connectivity index (χ0v) is 14.7. The van der Waals surface area contributed by atoms with Crippen molar-refractivity contribution in [2.24, 2.45) is 0 Å². The Hall–Kier alpha value is -2.62. The highest BCUT2D eigenvalue weighted by Gasteiger charge is 2.24. The van der Waals surface area contributed by atoms with E-state index in [0.29, 0.717) is 13.1 Å². The van der Waals surface area contributed by atoms with Crippen molar-refractivity contribution >= 4 is 33.3 Å². The molecule has 1 aliphatic rings. The van der Waals surface area contributed by atoms with Gasteiger partial charge in [-0.2, -0.15) is 0 Å². The third kappa shape index (κ3) is 3.16. The second kappa shape index (κ2) is 6.71. The van der Waals surface area contributed by atoms with E-state index in [1.807, 2.05) is 4.90 Å². The molecule has 4 rings (SSSR count). The van der Waals surface area contributed by atoms with E-state index in [2.05, 4.69) is 43.4 Å². The summed E-state index contributed by atoms with van der Waals surface area (Å²) in [6.07, 6.45) is 4.08. The molecule has 4 heterocycles. The highest BCUT2D eigenvalue weighted by atomic mass is 32.1. The Morgan fingerprint density at radius 2 is 2.08 bits per heavy atom. The largest absolute Gasteiger partial charge is 0.352 e. The average molecular weight is 358 g/mol. The molecule has 130 valence electrons. The van der Waals surface area contributed by atoms with E-state index in [4.69, 9.17) is 0 Å². The molecule has 9 nitrogen and oxygen atoms in total. The highest BCUT2D eigenvalue weighted by molar-refractivity contribution is 7.18. The van der Waals surface area contributed by atoms with Crippen molar-refractivity contribution in [2.45, 2.75) is 19.9 Å². The Labute approximate surface area is 148 Å². The van der Waals surface area contributed by atoms with Gasteiger partial charge in [0.1, 0.15) is 29.8 Å². The third-order valence-electron chi connectivity index (χ3n) is 4.33. The highest BCUT2D eigenvalue weighted by Crippen LogP contribution is 2.30. The molecular formula is C15H18N8OS. The number of nitrogens with zero attached hydrogens (tertiary/aromatic N) is 8. The summed E-state index contributed by atoms with van der Waals surface area (Å²) in [7, 11) is 0. The van der Waals surface area contributed by atoms with Crippen LogP contribution >= 0.6 is 11.3 Å². The predicted octanol–water partition coefficient (Wildman–Crippen LogP) is 0.589. The monoisotopic (exact) mass is 358 g/mol. The number of hydrogen-bond acceptors (Lipinski definition) is 8. The lowest BCUT2D eigenvalue weighted by atomic mass is 10.2. The molecule has 0 aromatic carbocycles. The molecular weight excluding hydrogens is 340 g/mol. The second-order valence-electron chi connectivity index (χ2n) is 5.86. The van der Waals surface area contributed by atoms with Gasteiger partial charge in [-0.05, 0) is 22.9 Å². The van der Waals surface area contributed by atoms with Gasteiger partial charge in [-0.25, -0.2) is 14.6 Å². The zero-order valence-electron chi connectivity index (χ0n) is 13.9. The predicted molar refractivity (Wildman–Crippen MR) is 93.4 cm³/mol. The van der Waals surface area contributed by atoms with Crippen molar-refractivity contribution < 1.29 is 4.79 Å². The van der Waals surface area contributed by atoms with E-state index >= 15 is 0 Å². The minimum atomic E-state index is 0.0311. The number of anilines is 1. The van der Waals surface area contributed by atoms with Crippen molar-refractivity contribution in [3.8, 4) is 0 Å². The molecule has 3 aromatic heterocycles. The van der Waals surface area contributed by atoms with Gasteiger partial charge in [-0.1, -0.05) is 6.92 Å². The van der Waals surface area contributed by atoms with Crippen LogP contribution in [0.5, 0.6) is 0 Å². The van der Waals surface area contributed by atoms with E-state index in [9.17, 15) is 4.79 Å². The van der Waals surface area contributed by atoms with E-state index in [1.54, 1.807) is 17.7 Å². The Bertz CT molecular complexity index is 869. The summed E-state index contributed by atoms with van der Waals surface area (Å²) in [6.45, 7) is 5.16. The van der Waals surface area contributed by atoms with Crippen LogP contribution in [0.1, 0.15) is 11.8 Å². The summed E-state index contributed by atoms with van der Waals surface area (Å²) in [5.74, 6) is 0.997. The summed E-state index contributed by atoms with van der Waals surface area (Å²) in [5, 5.41) is 11.9. The summed E-state index contributed by atoms with van der Waals surface area (Å²) >= 11 is 1.72. The van der Waals surface area contributed by atoms with Gasteiger partial charge in [0.25, 0.3) is 0 Å². The van der Waals surface area contributed by atoms with Crippen LogP contribution in [0.15, 0.2) is 18.7 Å². The number of rotatable bonds is 4. The van der Waals surface area contributed by atoms with Crippen molar-refractivity contribution in [2.75, 3.05) is 31.1 Å². The van der Waals surface area contributed by atoms with Crippen LogP contribution in [0.4, 0.5) is 5.82 Å². The van der Waals surface area contributed by atoms with Crippen LogP contribution in [0.3, 0.4) is 0 Å². The summed E-state index contributed by atoms with van der Waals surface area (Å²) in [5.41, 5.74) is 0. The van der Waals surface area contributed by atoms with Gasteiger partial charge in [-0.15, -0.1) is 16.4 Å². The Balaban J connectivity index is 1.45. The summed E-state index contributed by atoms with van der Waals surface area (Å²) in [4.78, 5) is 27.6. The van der Waals surface area contributed by atoms with Crippen LogP contribution in [-0.2, 0) is 17.8 Å². The Kier molecular flexibility index (Phi) is 4.26. The Morgan fingerprint density at radius 3 is 2.80 bits per heavy atom. The van der Waals surface area contributed by atoms with Gasteiger partial charge in [0, 0.05) is 31.1 Å². The quantitative estimate of drug-likeness (QED) is 0.674. The Morgan fingerprint density at radius 1 is 1.24 bits per heavy atom. The number of thiophene rings is 1. The molecule has 1 fully saturated rings. The fraction of sp³-hybridized carbons (Fsp3) is 0.467. The molecule has 0 spiro atoms. The van der Waals surface area contributed by atoms with Gasteiger partial charge < -0.3 is 9.80 Å². The number of fused-ring (bicyclic) bond motifs is 1. The summed E-state index contributed by atoms with van der Waals surface area (Å²) < 4.78 is 1.44. The molecule has 0 radical (unpaired) electrons. The molecule has 0 unspecified atom stereocenters. The molecule has 0 saturated carbocycles. The first-order valence-corrected chi connectivity index (χ1v) is 9.03. The lowest BCUT2D eigenvalue weighted by molar-refractivity contribution is -0.132. The topological polar surface area (TPSA) is 92.9 Å². The standard InChI is InChI=1S/C15H18N8OS/c1-2-11-7-12-14(16-9-17-15(12)25-11)22-5-3-21(4-6-22)13(24)8-23-10-18-19-20-23/h7,9-10H,2-6,8H2,1H3. The van der Waals surface area contributed by atoms with Crippen molar-refractivity contribution in [3.63, 3.8) is 0 Å². The molecule has 1 aliphatic heterocycles. The molecule has 25 heavy (non-hydrogen) atoms. The van der Waals surface area contributed by atoms with Crippen LogP contribution in [0, 0.1) is 0 Å². The minimum Gasteiger partial charge on any atom is -0.352 e. The number of amides is 1. The maximum atomic E-state index is 12.3. The van der Waals surface area contributed by atoms with Gasteiger partial charge in [-0.3, -0.25) is 4.79 Å². The molecule has 1 saturated heterocycles. The van der Waals surface area contributed by atoms with E-state index in [0.717, 1.165) is 35.5 Å². The first kappa shape index (κ1) is 15.9. The van der Waals surface area contributed by atoms with E-state index < -0.39 is 0 Å². The maximum absolute atomic E-state index is 12.3. The number of aromatic nitrogens is 6. The van der Waals surface area contributed by atoms with E-state index in [-0.39, 0.29) is 12.5 Å². The molecule has 1 amide bonds. The number of piperazine rings is 1. The lowest BCUT2D eigenvalue weighted by Gasteiger charge is -2.35. The average Bonchev–Trinajstić information content (AvgIpc) is 3.30. The SMILES string of the molecule is CCc1cc2c(N3CCN(C(=O)Cn4cnnn4)CC3)ncnc2s1. The fourth-order valence-electron chi connectivity index (χ4n) is 2.98. The number of carbonyl (C=O) groups is 1. The summed E-state index contributed by atoms with van der Waals surface area (Å²) in [6, 6.07) is 2.19. The van der Waals surface area contributed by atoms with E-state index in [1.165, 1.54) is 15.9 Å². The molecule has 0 atom stereocenters. The van der Waals surface area contributed by atoms with Crippen LogP contribution in [0.2, 0.25) is 0 Å².